The molecule has 0 amide bonds. The molecule has 1 aromatic carbocycles. The Bertz CT molecular complexity index is 439. The van der Waals surface area contributed by atoms with Crippen LogP contribution in [-0.4, -0.2) is 18.7 Å². The average Bonchev–Trinajstić information content (AvgIpc) is 2.42. The molecule has 0 aliphatic heterocycles. The molecule has 1 fully saturated rings. The van der Waals surface area contributed by atoms with Crippen molar-refractivity contribution in [3.63, 3.8) is 0 Å². The number of carbonyl (C=O) groups excluding carboxylic acids is 1. The van der Waals surface area contributed by atoms with Crippen LogP contribution in [0.2, 0.25) is 0 Å². The summed E-state index contributed by atoms with van der Waals surface area (Å²) in [7, 11) is 0. The van der Waals surface area contributed by atoms with Crippen LogP contribution in [-0.2, 0) is 4.74 Å². The molecule has 0 saturated heterocycles. The van der Waals surface area contributed by atoms with Crippen molar-refractivity contribution < 1.29 is 14.3 Å². The zero-order valence-corrected chi connectivity index (χ0v) is 11.4. The van der Waals surface area contributed by atoms with E-state index in [0.717, 1.165) is 12.8 Å². The van der Waals surface area contributed by atoms with Crippen molar-refractivity contribution in [1.82, 2.24) is 0 Å². The van der Waals surface area contributed by atoms with Gasteiger partial charge in [-0.2, -0.15) is 0 Å². The predicted molar refractivity (Wildman–Crippen MR) is 74.3 cm³/mol. The molecule has 1 saturated carbocycles. The summed E-state index contributed by atoms with van der Waals surface area (Å²) >= 11 is 0. The van der Waals surface area contributed by atoms with Crippen LogP contribution < -0.4 is 10.5 Å². The van der Waals surface area contributed by atoms with Gasteiger partial charge >= 0.3 is 5.97 Å². The van der Waals surface area contributed by atoms with E-state index in [1.165, 1.54) is 19.3 Å². The lowest BCUT2D eigenvalue weighted by molar-refractivity contribution is 0.0525. The normalized spacial score (nSPS) is 16.1. The van der Waals surface area contributed by atoms with Gasteiger partial charge in [0.15, 0.2) is 0 Å². The molecule has 0 bridgehead atoms. The number of anilines is 1. The van der Waals surface area contributed by atoms with E-state index in [-0.39, 0.29) is 12.1 Å². The maximum absolute atomic E-state index is 11.7. The largest absolute Gasteiger partial charge is 0.488 e. The fraction of sp³-hybridized carbons (Fsp3) is 0.533. The second-order valence-electron chi connectivity index (χ2n) is 4.85. The molecule has 0 aromatic heterocycles. The second kappa shape index (κ2) is 6.45. The molecule has 0 spiro atoms. The number of nitrogens with two attached hydrogens (primary N) is 1. The number of rotatable bonds is 4. The lowest BCUT2D eigenvalue weighted by Crippen LogP contribution is -2.20. The molecule has 19 heavy (non-hydrogen) atoms. The van der Waals surface area contributed by atoms with Gasteiger partial charge in [0.05, 0.1) is 24.0 Å². The number of benzene rings is 1. The molecule has 1 aliphatic rings. The first-order chi connectivity index (χ1) is 9.20. The molecule has 104 valence electrons. The van der Waals surface area contributed by atoms with Gasteiger partial charge in [-0.15, -0.1) is 0 Å². The van der Waals surface area contributed by atoms with E-state index in [2.05, 4.69) is 0 Å². The summed E-state index contributed by atoms with van der Waals surface area (Å²) < 4.78 is 10.9. The third-order valence-electron chi connectivity index (χ3n) is 3.37. The van der Waals surface area contributed by atoms with Crippen LogP contribution in [0.3, 0.4) is 0 Å². The first kappa shape index (κ1) is 13.7. The maximum atomic E-state index is 11.7. The SMILES string of the molecule is CCOC(=O)c1ccc(N)c(OC2CCCCC2)c1. The smallest absolute Gasteiger partial charge is 0.338 e. The molecule has 2 rings (SSSR count). The Morgan fingerprint density at radius 1 is 1.32 bits per heavy atom. The summed E-state index contributed by atoms with van der Waals surface area (Å²) in [5, 5.41) is 0. The molecule has 0 unspecified atom stereocenters. The Hall–Kier alpha value is -1.71. The molecule has 0 radical (unpaired) electrons. The minimum Gasteiger partial charge on any atom is -0.488 e. The molecule has 1 aromatic rings. The van der Waals surface area contributed by atoms with Gasteiger partial charge in [-0.25, -0.2) is 4.79 Å². The van der Waals surface area contributed by atoms with Gasteiger partial charge in [-0.1, -0.05) is 6.42 Å². The van der Waals surface area contributed by atoms with E-state index >= 15 is 0 Å². The van der Waals surface area contributed by atoms with Crippen molar-refractivity contribution in [2.24, 2.45) is 0 Å². The van der Waals surface area contributed by atoms with Gasteiger partial charge in [0.1, 0.15) is 5.75 Å². The lowest BCUT2D eigenvalue weighted by Gasteiger charge is -2.23. The van der Waals surface area contributed by atoms with Crippen molar-refractivity contribution in [3.05, 3.63) is 23.8 Å². The summed E-state index contributed by atoms with van der Waals surface area (Å²) in [5.41, 5.74) is 6.96. The standard InChI is InChI=1S/C15H21NO3/c1-2-18-15(17)11-8-9-13(16)14(10-11)19-12-6-4-3-5-7-12/h8-10,12H,2-7,16H2,1H3. The number of ether oxygens (including phenoxy) is 2. The summed E-state index contributed by atoms with van der Waals surface area (Å²) in [5.74, 6) is 0.258. The van der Waals surface area contributed by atoms with Crippen molar-refractivity contribution >= 4 is 11.7 Å². The van der Waals surface area contributed by atoms with E-state index in [1.54, 1.807) is 25.1 Å². The molecule has 1 aliphatic carbocycles. The first-order valence-electron chi connectivity index (χ1n) is 6.94. The van der Waals surface area contributed by atoms with E-state index in [1.807, 2.05) is 0 Å². The summed E-state index contributed by atoms with van der Waals surface area (Å²) in [4.78, 5) is 11.7. The molecule has 0 heterocycles. The van der Waals surface area contributed by atoms with Crippen molar-refractivity contribution in [2.45, 2.75) is 45.1 Å². The Kier molecular flexibility index (Phi) is 4.66. The van der Waals surface area contributed by atoms with Crippen LogP contribution in [0.4, 0.5) is 5.69 Å². The van der Waals surface area contributed by atoms with E-state index in [0.29, 0.717) is 23.6 Å². The molecular weight excluding hydrogens is 242 g/mol. The van der Waals surface area contributed by atoms with Crippen LogP contribution in [0.15, 0.2) is 18.2 Å². The maximum Gasteiger partial charge on any atom is 0.338 e. The zero-order valence-electron chi connectivity index (χ0n) is 11.4. The van der Waals surface area contributed by atoms with Gasteiger partial charge in [0, 0.05) is 0 Å². The topological polar surface area (TPSA) is 61.5 Å². The third kappa shape index (κ3) is 3.63. The van der Waals surface area contributed by atoms with Crippen molar-refractivity contribution in [2.75, 3.05) is 12.3 Å². The van der Waals surface area contributed by atoms with Crippen LogP contribution in [0, 0.1) is 0 Å². The Balaban J connectivity index is 2.10. The Labute approximate surface area is 113 Å². The van der Waals surface area contributed by atoms with Crippen LogP contribution in [0.5, 0.6) is 5.75 Å². The zero-order chi connectivity index (χ0) is 13.7. The summed E-state index contributed by atoms with van der Waals surface area (Å²) in [6.07, 6.45) is 6.00. The highest BCUT2D eigenvalue weighted by atomic mass is 16.5. The fourth-order valence-electron chi connectivity index (χ4n) is 2.34. The predicted octanol–water partition coefficient (Wildman–Crippen LogP) is 3.16. The molecule has 4 nitrogen and oxygen atoms in total. The quantitative estimate of drug-likeness (QED) is 0.669. The van der Waals surface area contributed by atoms with E-state index in [9.17, 15) is 4.79 Å². The Morgan fingerprint density at radius 3 is 2.74 bits per heavy atom. The highest BCUT2D eigenvalue weighted by molar-refractivity contribution is 5.90. The molecule has 4 heteroatoms. The molecular formula is C15H21NO3. The number of esters is 1. The van der Waals surface area contributed by atoms with Crippen LogP contribution in [0.25, 0.3) is 0 Å². The average molecular weight is 263 g/mol. The molecule has 2 N–H and O–H groups in total. The lowest BCUT2D eigenvalue weighted by atomic mass is 9.98. The van der Waals surface area contributed by atoms with E-state index in [4.69, 9.17) is 15.2 Å². The Morgan fingerprint density at radius 2 is 2.05 bits per heavy atom. The number of carbonyl (C=O) groups is 1. The highest BCUT2D eigenvalue weighted by Crippen LogP contribution is 2.28. The number of hydrogen-bond acceptors (Lipinski definition) is 4. The van der Waals surface area contributed by atoms with Gasteiger partial charge in [0.2, 0.25) is 0 Å². The fourth-order valence-corrected chi connectivity index (χ4v) is 2.34. The number of nitrogen functional groups attached to an aromatic ring is 1. The van der Waals surface area contributed by atoms with Gasteiger partial charge in [-0.05, 0) is 50.8 Å². The molecule has 0 atom stereocenters. The number of hydrogen-bond donors (Lipinski definition) is 1. The van der Waals surface area contributed by atoms with Gasteiger partial charge < -0.3 is 15.2 Å². The minimum absolute atomic E-state index is 0.216. The summed E-state index contributed by atoms with van der Waals surface area (Å²) in [6.45, 7) is 2.15. The summed E-state index contributed by atoms with van der Waals surface area (Å²) in [6, 6.07) is 5.05. The van der Waals surface area contributed by atoms with Crippen LogP contribution in [0.1, 0.15) is 49.4 Å². The second-order valence-corrected chi connectivity index (χ2v) is 4.85. The van der Waals surface area contributed by atoms with E-state index < -0.39 is 0 Å². The van der Waals surface area contributed by atoms with Gasteiger partial charge in [-0.3, -0.25) is 0 Å². The van der Waals surface area contributed by atoms with Crippen molar-refractivity contribution in [1.29, 1.82) is 0 Å². The van der Waals surface area contributed by atoms with Crippen molar-refractivity contribution in [3.8, 4) is 5.75 Å². The third-order valence-corrected chi connectivity index (χ3v) is 3.37. The minimum atomic E-state index is -0.337. The monoisotopic (exact) mass is 263 g/mol. The van der Waals surface area contributed by atoms with Gasteiger partial charge in [0.25, 0.3) is 0 Å². The highest BCUT2D eigenvalue weighted by Gasteiger charge is 2.17. The first-order valence-corrected chi connectivity index (χ1v) is 6.94. The van der Waals surface area contributed by atoms with Crippen LogP contribution >= 0.6 is 0 Å².